The van der Waals surface area contributed by atoms with E-state index in [2.05, 4.69) is 55.1 Å². The van der Waals surface area contributed by atoms with Crippen molar-refractivity contribution in [2.75, 3.05) is 11.9 Å². The number of anilines is 1. The third-order valence-electron chi connectivity index (χ3n) is 6.32. The summed E-state index contributed by atoms with van der Waals surface area (Å²) in [5, 5.41) is 2.10. The topological polar surface area (TPSA) is 41.9 Å². The molecule has 5 rings (SSSR count). The van der Waals surface area contributed by atoms with E-state index in [1.165, 1.54) is 11.6 Å². The maximum Gasteiger partial charge on any atom is 0.228 e. The molecule has 0 N–H and O–H groups in total. The highest BCUT2D eigenvalue weighted by Gasteiger charge is 2.58. The summed E-state index contributed by atoms with van der Waals surface area (Å²) in [5.41, 5.74) is 2.94. The SMILES string of the molecule is CN1c2ccccc2C(C)(C)C12C=Nc1c(c(C=CC=O)cc3ccccc13)O2. The number of aliphatic imine (C=N–C) groups is 1. The van der Waals surface area contributed by atoms with E-state index >= 15 is 0 Å². The Hall–Kier alpha value is -3.40. The zero-order chi connectivity index (χ0) is 20.2. The molecule has 0 saturated heterocycles. The van der Waals surface area contributed by atoms with Crippen molar-refractivity contribution in [3.8, 4) is 5.75 Å². The van der Waals surface area contributed by atoms with Gasteiger partial charge in [0, 0.05) is 23.7 Å². The summed E-state index contributed by atoms with van der Waals surface area (Å²) < 4.78 is 6.84. The molecule has 0 aliphatic carbocycles. The van der Waals surface area contributed by atoms with E-state index in [0.717, 1.165) is 34.0 Å². The molecular formula is C25H22N2O2. The Labute approximate surface area is 170 Å². The standard InChI is InChI=1S/C25H22N2O2/c1-24(2)20-12-6-7-13-21(20)27(3)25(24)16-26-22-19-11-5-4-9-17(19)15-18(10-8-14-28)23(22)29-25/h4-16H,1-3H3. The molecule has 0 saturated carbocycles. The van der Waals surface area contributed by atoms with Gasteiger partial charge < -0.3 is 9.64 Å². The highest BCUT2D eigenvalue weighted by atomic mass is 16.5. The lowest BCUT2D eigenvalue weighted by molar-refractivity contribution is -0.104. The molecule has 2 aliphatic heterocycles. The molecule has 0 amide bonds. The van der Waals surface area contributed by atoms with Crippen LogP contribution in [0.5, 0.6) is 5.75 Å². The average Bonchev–Trinajstić information content (AvgIpc) is 2.91. The summed E-state index contributed by atoms with van der Waals surface area (Å²) in [7, 11) is 2.05. The number of rotatable bonds is 2. The summed E-state index contributed by atoms with van der Waals surface area (Å²) in [6.07, 6.45) is 6.01. The summed E-state index contributed by atoms with van der Waals surface area (Å²) in [6.45, 7) is 4.38. The predicted molar refractivity (Wildman–Crippen MR) is 118 cm³/mol. The Morgan fingerprint density at radius 1 is 1.07 bits per heavy atom. The first-order chi connectivity index (χ1) is 14.0. The largest absolute Gasteiger partial charge is 0.459 e. The number of likely N-dealkylation sites (N-methyl/N-ethyl adjacent to an activating group) is 1. The van der Waals surface area contributed by atoms with Gasteiger partial charge in [0.15, 0.2) is 5.75 Å². The molecule has 2 heterocycles. The lowest BCUT2D eigenvalue weighted by atomic mass is 9.77. The number of benzene rings is 3. The fraction of sp³-hybridized carbons (Fsp3) is 0.200. The third kappa shape index (κ3) is 2.26. The number of nitrogens with zero attached hydrogens (tertiary/aromatic N) is 2. The Bertz CT molecular complexity index is 1210. The van der Waals surface area contributed by atoms with Gasteiger partial charge in [-0.1, -0.05) is 42.5 Å². The second-order valence-electron chi connectivity index (χ2n) is 8.12. The number of para-hydroxylation sites is 1. The number of allylic oxidation sites excluding steroid dienone is 1. The van der Waals surface area contributed by atoms with Crippen molar-refractivity contribution in [3.05, 3.63) is 71.8 Å². The van der Waals surface area contributed by atoms with Crippen LogP contribution in [0, 0.1) is 0 Å². The van der Waals surface area contributed by atoms with Gasteiger partial charge in [0.1, 0.15) is 12.0 Å². The van der Waals surface area contributed by atoms with Gasteiger partial charge in [-0.2, -0.15) is 0 Å². The molecular weight excluding hydrogens is 360 g/mol. The van der Waals surface area contributed by atoms with Crippen LogP contribution in [0.1, 0.15) is 25.0 Å². The van der Waals surface area contributed by atoms with Gasteiger partial charge in [0.25, 0.3) is 0 Å². The lowest BCUT2D eigenvalue weighted by Crippen LogP contribution is -2.61. The van der Waals surface area contributed by atoms with Crippen molar-refractivity contribution in [1.82, 2.24) is 0 Å². The molecule has 1 atom stereocenters. The Morgan fingerprint density at radius 3 is 2.62 bits per heavy atom. The summed E-state index contributed by atoms with van der Waals surface area (Å²) in [5.74, 6) is 0.706. The molecule has 0 radical (unpaired) electrons. The first kappa shape index (κ1) is 17.7. The number of hydrogen-bond donors (Lipinski definition) is 0. The van der Waals surface area contributed by atoms with Crippen molar-refractivity contribution < 1.29 is 9.53 Å². The number of fused-ring (bicyclic) bond motifs is 4. The molecule has 4 nitrogen and oxygen atoms in total. The molecule has 1 unspecified atom stereocenters. The molecule has 2 aliphatic rings. The normalized spacial score (nSPS) is 21.4. The maximum absolute atomic E-state index is 11.0. The van der Waals surface area contributed by atoms with Crippen molar-refractivity contribution >= 4 is 40.7 Å². The minimum absolute atomic E-state index is 0.323. The Morgan fingerprint density at radius 2 is 1.83 bits per heavy atom. The molecule has 1 spiro atoms. The van der Waals surface area contributed by atoms with E-state index in [4.69, 9.17) is 9.73 Å². The van der Waals surface area contributed by atoms with Crippen LogP contribution in [0.25, 0.3) is 16.8 Å². The molecule has 3 aromatic rings. The molecule has 144 valence electrons. The zero-order valence-corrected chi connectivity index (χ0v) is 16.7. The fourth-order valence-corrected chi connectivity index (χ4v) is 4.70. The van der Waals surface area contributed by atoms with Gasteiger partial charge >= 0.3 is 0 Å². The van der Waals surface area contributed by atoms with E-state index < -0.39 is 5.72 Å². The van der Waals surface area contributed by atoms with Gasteiger partial charge in [-0.3, -0.25) is 9.79 Å². The van der Waals surface area contributed by atoms with Gasteiger partial charge in [0.2, 0.25) is 5.72 Å². The molecule has 0 bridgehead atoms. The lowest BCUT2D eigenvalue weighted by Gasteiger charge is -2.45. The van der Waals surface area contributed by atoms with Crippen molar-refractivity contribution in [1.29, 1.82) is 0 Å². The van der Waals surface area contributed by atoms with Crippen molar-refractivity contribution in [3.63, 3.8) is 0 Å². The Kier molecular flexibility index (Phi) is 3.69. The highest BCUT2D eigenvalue weighted by Crippen LogP contribution is 2.55. The number of ether oxygens (including phenoxy) is 1. The van der Waals surface area contributed by atoms with E-state index in [1.807, 2.05) is 31.5 Å². The number of hydrogen-bond acceptors (Lipinski definition) is 4. The molecule has 3 aromatic carbocycles. The second-order valence-corrected chi connectivity index (χ2v) is 8.12. The predicted octanol–water partition coefficient (Wildman–Crippen LogP) is 5.27. The average molecular weight is 382 g/mol. The van der Waals surface area contributed by atoms with Crippen LogP contribution in [-0.4, -0.2) is 25.3 Å². The Balaban J connectivity index is 1.76. The minimum atomic E-state index is -0.754. The minimum Gasteiger partial charge on any atom is -0.459 e. The smallest absolute Gasteiger partial charge is 0.228 e. The van der Waals surface area contributed by atoms with Crippen LogP contribution in [-0.2, 0) is 10.2 Å². The molecule has 4 heteroatoms. The molecule has 0 aromatic heterocycles. The molecule has 29 heavy (non-hydrogen) atoms. The second kappa shape index (κ2) is 6.05. The summed E-state index contributed by atoms with van der Waals surface area (Å²) in [6, 6.07) is 18.5. The number of aldehydes is 1. The van der Waals surface area contributed by atoms with Crippen LogP contribution < -0.4 is 9.64 Å². The van der Waals surface area contributed by atoms with E-state index in [9.17, 15) is 4.79 Å². The van der Waals surface area contributed by atoms with E-state index in [-0.39, 0.29) is 5.41 Å². The van der Waals surface area contributed by atoms with Crippen LogP contribution in [0.15, 0.2) is 65.7 Å². The van der Waals surface area contributed by atoms with Crippen LogP contribution in [0.4, 0.5) is 11.4 Å². The summed E-state index contributed by atoms with van der Waals surface area (Å²) in [4.78, 5) is 18.1. The monoisotopic (exact) mass is 382 g/mol. The fourth-order valence-electron chi connectivity index (χ4n) is 4.70. The quantitative estimate of drug-likeness (QED) is 0.448. The third-order valence-corrected chi connectivity index (χ3v) is 6.32. The summed E-state index contributed by atoms with van der Waals surface area (Å²) >= 11 is 0. The van der Waals surface area contributed by atoms with Gasteiger partial charge in [-0.25, -0.2) is 0 Å². The highest BCUT2D eigenvalue weighted by molar-refractivity contribution is 6.02. The van der Waals surface area contributed by atoms with Crippen molar-refractivity contribution in [2.24, 2.45) is 4.99 Å². The van der Waals surface area contributed by atoms with E-state index in [1.54, 1.807) is 6.08 Å². The van der Waals surface area contributed by atoms with Crippen LogP contribution in [0.3, 0.4) is 0 Å². The van der Waals surface area contributed by atoms with Crippen LogP contribution >= 0.6 is 0 Å². The van der Waals surface area contributed by atoms with Gasteiger partial charge in [-0.05, 0) is 49.1 Å². The maximum atomic E-state index is 11.0. The van der Waals surface area contributed by atoms with Crippen LogP contribution in [0.2, 0.25) is 0 Å². The number of carbonyl (C=O) groups excluding carboxylic acids is 1. The first-order valence-corrected chi connectivity index (χ1v) is 9.75. The van der Waals surface area contributed by atoms with Gasteiger partial charge in [-0.15, -0.1) is 0 Å². The van der Waals surface area contributed by atoms with Crippen molar-refractivity contribution in [2.45, 2.75) is 25.0 Å². The molecule has 0 fully saturated rings. The first-order valence-electron chi connectivity index (χ1n) is 9.75. The number of carbonyl (C=O) groups is 1. The zero-order valence-electron chi connectivity index (χ0n) is 16.7. The van der Waals surface area contributed by atoms with Gasteiger partial charge in [0.05, 0.1) is 11.6 Å². The van der Waals surface area contributed by atoms with E-state index in [0.29, 0.717) is 5.75 Å².